The van der Waals surface area contributed by atoms with E-state index in [1.54, 1.807) is 24.3 Å². The zero-order chi connectivity index (χ0) is 27.4. The van der Waals surface area contributed by atoms with Gasteiger partial charge in [0.25, 0.3) is 11.6 Å². The van der Waals surface area contributed by atoms with E-state index in [4.69, 9.17) is 0 Å². The van der Waals surface area contributed by atoms with Crippen LogP contribution in [-0.2, 0) is 6.54 Å². The van der Waals surface area contributed by atoms with Crippen molar-refractivity contribution in [3.8, 4) is 0 Å². The third-order valence-corrected chi connectivity index (χ3v) is 8.49. The number of nitro groups is 1. The molecule has 3 aromatic carbocycles. The summed E-state index contributed by atoms with van der Waals surface area (Å²) in [6.07, 6.45) is 5.36. The summed E-state index contributed by atoms with van der Waals surface area (Å²) < 4.78 is 13.6. The molecular weight excluding hydrogens is 493 g/mol. The molecule has 0 aromatic heterocycles. The third kappa shape index (κ3) is 6.19. The predicted octanol–water partition coefficient (Wildman–Crippen LogP) is 6.73. The molecule has 2 unspecified atom stereocenters. The molecule has 1 saturated heterocycles. The van der Waals surface area contributed by atoms with Gasteiger partial charge in [0.05, 0.1) is 4.92 Å². The van der Waals surface area contributed by atoms with Gasteiger partial charge in [0.15, 0.2) is 0 Å². The Bertz CT molecular complexity index is 1310. The maximum atomic E-state index is 13.9. The monoisotopic (exact) mass is 529 g/mol. The number of aryl methyl sites for hydroxylation is 1. The number of carbonyl (C=O) groups excluding carboxylic acids is 1. The number of nitro benzene ring substituents is 1. The molecular formula is C32H36FN3O3. The van der Waals surface area contributed by atoms with Gasteiger partial charge in [0.1, 0.15) is 5.82 Å². The van der Waals surface area contributed by atoms with Crippen LogP contribution in [0.15, 0.2) is 72.8 Å². The number of nitrogens with zero attached hydrogens (tertiary/aromatic N) is 3. The summed E-state index contributed by atoms with van der Waals surface area (Å²) >= 11 is 0. The van der Waals surface area contributed by atoms with E-state index in [1.807, 2.05) is 18.2 Å². The molecule has 3 aromatic rings. The van der Waals surface area contributed by atoms with Crippen LogP contribution in [0.3, 0.4) is 0 Å². The van der Waals surface area contributed by atoms with E-state index in [-0.39, 0.29) is 40.2 Å². The molecule has 0 bridgehead atoms. The fraction of sp³-hybridized carbons (Fsp3) is 0.406. The number of para-hydroxylation sites is 1. The van der Waals surface area contributed by atoms with Crippen molar-refractivity contribution >= 4 is 11.6 Å². The van der Waals surface area contributed by atoms with Gasteiger partial charge in [-0.3, -0.25) is 19.8 Å². The summed E-state index contributed by atoms with van der Waals surface area (Å²) in [4.78, 5) is 29.6. The zero-order valence-electron chi connectivity index (χ0n) is 22.5. The van der Waals surface area contributed by atoms with Gasteiger partial charge < -0.3 is 4.90 Å². The van der Waals surface area contributed by atoms with E-state index < -0.39 is 0 Å². The molecule has 204 valence electrons. The Morgan fingerprint density at radius 3 is 2.38 bits per heavy atom. The van der Waals surface area contributed by atoms with Gasteiger partial charge in [-0.05, 0) is 61.1 Å². The fourth-order valence-corrected chi connectivity index (χ4v) is 6.49. The van der Waals surface area contributed by atoms with Crippen LogP contribution in [0.5, 0.6) is 0 Å². The van der Waals surface area contributed by atoms with Crippen molar-refractivity contribution in [2.45, 2.75) is 57.5 Å². The van der Waals surface area contributed by atoms with E-state index in [2.05, 4.69) is 34.9 Å². The minimum Gasteiger partial charge on any atom is -0.335 e. The number of carbonyl (C=O) groups is 1. The van der Waals surface area contributed by atoms with E-state index in [1.165, 1.54) is 29.7 Å². The SMILES string of the molecule is Cc1ccccc1C1CN(Cc2ccccc2[N+](=O)[O-])CC1CN(C(=O)c1ccc(F)cc1)C1CCCCC1. The molecule has 0 radical (unpaired) electrons. The molecule has 2 fully saturated rings. The topological polar surface area (TPSA) is 66.7 Å². The highest BCUT2D eigenvalue weighted by Gasteiger charge is 2.38. The van der Waals surface area contributed by atoms with Crippen molar-refractivity contribution < 1.29 is 14.1 Å². The molecule has 39 heavy (non-hydrogen) atoms. The number of likely N-dealkylation sites (tertiary alicyclic amines) is 1. The number of rotatable bonds is 8. The Hall–Kier alpha value is -3.58. The number of hydrogen-bond donors (Lipinski definition) is 0. The van der Waals surface area contributed by atoms with E-state index in [0.29, 0.717) is 24.2 Å². The molecule has 1 aliphatic heterocycles. The highest BCUT2D eigenvalue weighted by Crippen LogP contribution is 2.38. The lowest BCUT2D eigenvalue weighted by atomic mass is 9.85. The van der Waals surface area contributed by atoms with Gasteiger partial charge in [-0.15, -0.1) is 0 Å². The van der Waals surface area contributed by atoms with Crippen LogP contribution < -0.4 is 0 Å². The first-order valence-corrected chi connectivity index (χ1v) is 14.0. The number of hydrogen-bond acceptors (Lipinski definition) is 4. The van der Waals surface area contributed by atoms with Gasteiger partial charge in [-0.1, -0.05) is 61.7 Å². The average molecular weight is 530 g/mol. The number of amides is 1. The molecule has 1 heterocycles. The van der Waals surface area contributed by atoms with Crippen LogP contribution in [0.25, 0.3) is 0 Å². The Balaban J connectivity index is 1.45. The molecule has 0 spiro atoms. The lowest BCUT2D eigenvalue weighted by Gasteiger charge is -2.37. The molecule has 6 nitrogen and oxygen atoms in total. The summed E-state index contributed by atoms with van der Waals surface area (Å²) in [5.74, 6) is -0.0272. The lowest BCUT2D eigenvalue weighted by molar-refractivity contribution is -0.385. The van der Waals surface area contributed by atoms with Gasteiger partial charge in [-0.25, -0.2) is 4.39 Å². The van der Waals surface area contributed by atoms with Gasteiger partial charge >= 0.3 is 0 Å². The summed E-state index contributed by atoms with van der Waals surface area (Å²) in [6, 6.07) is 21.4. The first-order valence-electron chi connectivity index (χ1n) is 14.0. The highest BCUT2D eigenvalue weighted by molar-refractivity contribution is 5.94. The van der Waals surface area contributed by atoms with Crippen molar-refractivity contribution in [1.29, 1.82) is 0 Å². The minimum absolute atomic E-state index is 0.0393. The third-order valence-electron chi connectivity index (χ3n) is 8.49. The second kappa shape index (κ2) is 12.1. The molecule has 2 aliphatic rings. The fourth-order valence-electron chi connectivity index (χ4n) is 6.49. The Morgan fingerprint density at radius 2 is 1.67 bits per heavy atom. The summed E-state index contributed by atoms with van der Waals surface area (Å²) in [5.41, 5.74) is 3.85. The largest absolute Gasteiger partial charge is 0.335 e. The van der Waals surface area contributed by atoms with E-state index in [9.17, 15) is 19.3 Å². The van der Waals surface area contributed by atoms with Gasteiger partial charge in [0.2, 0.25) is 0 Å². The van der Waals surface area contributed by atoms with Gasteiger partial charge in [-0.2, -0.15) is 0 Å². The molecule has 1 aliphatic carbocycles. The maximum Gasteiger partial charge on any atom is 0.273 e. The van der Waals surface area contributed by atoms with Crippen molar-refractivity contribution in [2.75, 3.05) is 19.6 Å². The van der Waals surface area contributed by atoms with Crippen LogP contribution in [0, 0.1) is 28.8 Å². The normalized spacial score (nSPS) is 20.2. The Labute approximate surface area is 229 Å². The first-order chi connectivity index (χ1) is 18.9. The smallest absolute Gasteiger partial charge is 0.273 e. The average Bonchev–Trinajstić information content (AvgIpc) is 3.34. The molecule has 0 N–H and O–H groups in total. The van der Waals surface area contributed by atoms with Crippen LogP contribution in [0.1, 0.15) is 65.1 Å². The van der Waals surface area contributed by atoms with Crippen LogP contribution in [0.2, 0.25) is 0 Å². The molecule has 7 heteroatoms. The second-order valence-corrected chi connectivity index (χ2v) is 11.1. The lowest BCUT2D eigenvalue weighted by Crippen LogP contribution is -2.45. The summed E-state index contributed by atoms with van der Waals surface area (Å²) in [6.45, 7) is 4.73. The first kappa shape index (κ1) is 27.0. The number of benzene rings is 3. The van der Waals surface area contributed by atoms with Gasteiger partial charge in [0, 0.05) is 55.3 Å². The minimum atomic E-state index is -0.350. The zero-order valence-corrected chi connectivity index (χ0v) is 22.5. The highest BCUT2D eigenvalue weighted by atomic mass is 19.1. The van der Waals surface area contributed by atoms with Crippen molar-refractivity contribution in [3.63, 3.8) is 0 Å². The molecule has 5 rings (SSSR count). The number of halogens is 1. The van der Waals surface area contributed by atoms with E-state index in [0.717, 1.165) is 38.8 Å². The Morgan fingerprint density at radius 1 is 0.974 bits per heavy atom. The summed E-state index contributed by atoms with van der Waals surface area (Å²) in [7, 11) is 0. The Kier molecular flexibility index (Phi) is 8.36. The molecule has 1 amide bonds. The predicted molar refractivity (Wildman–Crippen MR) is 150 cm³/mol. The molecule has 1 saturated carbocycles. The maximum absolute atomic E-state index is 13.9. The van der Waals surface area contributed by atoms with Crippen molar-refractivity contribution in [3.05, 3.63) is 111 Å². The second-order valence-electron chi connectivity index (χ2n) is 11.1. The van der Waals surface area contributed by atoms with Crippen LogP contribution >= 0.6 is 0 Å². The van der Waals surface area contributed by atoms with Crippen molar-refractivity contribution in [2.24, 2.45) is 5.92 Å². The quantitative estimate of drug-likeness (QED) is 0.240. The van der Waals surface area contributed by atoms with E-state index >= 15 is 0 Å². The van der Waals surface area contributed by atoms with Crippen LogP contribution in [0.4, 0.5) is 10.1 Å². The van der Waals surface area contributed by atoms with Crippen LogP contribution in [-0.4, -0.2) is 46.3 Å². The molecule has 2 atom stereocenters. The van der Waals surface area contributed by atoms with Crippen molar-refractivity contribution in [1.82, 2.24) is 9.80 Å². The standard InChI is InChI=1S/C32H36FN3O3/c1-23-9-5-7-13-29(23)30-22-34(19-25-10-6-8-14-31(25)36(38)39)20-26(30)21-35(28-11-3-2-4-12-28)32(37)24-15-17-27(33)18-16-24/h5-10,13-18,26,28,30H,2-4,11-12,19-22H2,1H3. The summed E-state index contributed by atoms with van der Waals surface area (Å²) in [5, 5.41) is 11.7.